The fraction of sp³-hybridized carbons (Fsp3) is 0.222. The van der Waals surface area contributed by atoms with Gasteiger partial charge in [0.15, 0.2) is 6.61 Å². The number of rotatable bonds is 8. The van der Waals surface area contributed by atoms with Crippen LogP contribution in [-0.2, 0) is 4.79 Å². The van der Waals surface area contributed by atoms with Gasteiger partial charge in [0.25, 0.3) is 5.91 Å². The molecule has 7 heteroatoms. The molecule has 3 rings (SSSR count). The molecule has 0 atom stereocenters. The van der Waals surface area contributed by atoms with Crippen LogP contribution in [0.2, 0.25) is 0 Å². The molecule has 6 nitrogen and oxygen atoms in total. The average Bonchev–Trinajstić information content (AvgIpc) is 2.79. The highest BCUT2D eigenvalue weighted by Crippen LogP contribution is 2.27. The summed E-state index contributed by atoms with van der Waals surface area (Å²) in [6.45, 7) is 7.79. The number of hydrogen-bond donors (Lipinski definition) is 1. The highest BCUT2D eigenvalue weighted by atomic mass is 79.9. The van der Waals surface area contributed by atoms with E-state index in [1.807, 2.05) is 44.2 Å². The fourth-order valence-corrected chi connectivity index (χ4v) is 3.64. The maximum atomic E-state index is 12.6. The van der Waals surface area contributed by atoms with E-state index in [1.165, 1.54) is 6.21 Å². The number of nitrogens with zero attached hydrogens (tertiary/aromatic N) is 1. The molecule has 0 aliphatic rings. The Balaban J connectivity index is 1.65. The first-order valence-corrected chi connectivity index (χ1v) is 11.7. The van der Waals surface area contributed by atoms with E-state index in [9.17, 15) is 9.59 Å². The quantitative estimate of drug-likeness (QED) is 0.172. The van der Waals surface area contributed by atoms with E-state index in [1.54, 1.807) is 30.3 Å². The summed E-state index contributed by atoms with van der Waals surface area (Å²) in [5.41, 5.74) is 6.38. The van der Waals surface area contributed by atoms with Crippen molar-refractivity contribution >= 4 is 34.0 Å². The molecule has 0 saturated carbocycles. The lowest BCUT2D eigenvalue weighted by atomic mass is 10.0. The second-order valence-electron chi connectivity index (χ2n) is 8.16. The molecule has 34 heavy (non-hydrogen) atoms. The summed E-state index contributed by atoms with van der Waals surface area (Å²) < 4.78 is 12.1. The topological polar surface area (TPSA) is 77.0 Å². The summed E-state index contributed by atoms with van der Waals surface area (Å²) in [5, 5.41) is 4.01. The van der Waals surface area contributed by atoms with E-state index in [4.69, 9.17) is 9.47 Å². The molecule has 0 aromatic heterocycles. The van der Waals surface area contributed by atoms with E-state index in [0.717, 1.165) is 21.2 Å². The van der Waals surface area contributed by atoms with Gasteiger partial charge in [0, 0.05) is 10.0 Å². The average molecular weight is 523 g/mol. The van der Waals surface area contributed by atoms with E-state index in [0.29, 0.717) is 22.6 Å². The maximum absolute atomic E-state index is 12.6. The lowest BCUT2D eigenvalue weighted by molar-refractivity contribution is -0.123. The van der Waals surface area contributed by atoms with Crippen LogP contribution in [-0.4, -0.2) is 24.7 Å². The molecular formula is C27H27BrN2O4. The highest BCUT2D eigenvalue weighted by molar-refractivity contribution is 9.10. The van der Waals surface area contributed by atoms with Crippen molar-refractivity contribution in [1.29, 1.82) is 0 Å². The van der Waals surface area contributed by atoms with E-state index in [-0.39, 0.29) is 12.5 Å². The number of nitrogens with one attached hydrogen (secondary N) is 1. The van der Waals surface area contributed by atoms with Crippen molar-refractivity contribution in [3.63, 3.8) is 0 Å². The molecule has 3 aromatic carbocycles. The van der Waals surface area contributed by atoms with Gasteiger partial charge < -0.3 is 9.47 Å². The molecule has 176 valence electrons. The molecule has 0 aliphatic carbocycles. The number of halogens is 1. The molecule has 1 N–H and O–H groups in total. The number of benzene rings is 3. The third kappa shape index (κ3) is 6.78. The van der Waals surface area contributed by atoms with Crippen molar-refractivity contribution < 1.29 is 19.1 Å². The lowest BCUT2D eigenvalue weighted by Gasteiger charge is -2.14. The number of esters is 1. The maximum Gasteiger partial charge on any atom is 0.343 e. The number of hydrogen-bond acceptors (Lipinski definition) is 5. The molecule has 0 fully saturated rings. The molecular weight excluding hydrogens is 496 g/mol. The number of carbonyl (C=O) groups is 2. The number of carbonyl (C=O) groups excluding carboxylic acids is 2. The van der Waals surface area contributed by atoms with Crippen LogP contribution in [0.3, 0.4) is 0 Å². The SMILES string of the molecule is Cc1ccc(C(C)C)c(OCC(=O)NN=Cc2cc(Br)ccc2OC(=O)c2ccccc2C)c1. The summed E-state index contributed by atoms with van der Waals surface area (Å²) >= 11 is 3.41. The summed E-state index contributed by atoms with van der Waals surface area (Å²) in [4.78, 5) is 24.9. The Morgan fingerprint density at radius 3 is 2.53 bits per heavy atom. The number of ether oxygens (including phenoxy) is 2. The Hall–Kier alpha value is -3.45. The van der Waals surface area contributed by atoms with Crippen molar-refractivity contribution in [3.05, 3.63) is 93.0 Å². The normalized spacial score (nSPS) is 11.0. The smallest absolute Gasteiger partial charge is 0.343 e. The Morgan fingerprint density at radius 1 is 1.03 bits per heavy atom. The van der Waals surface area contributed by atoms with Crippen LogP contribution in [0.25, 0.3) is 0 Å². The molecule has 0 bridgehead atoms. The zero-order valence-corrected chi connectivity index (χ0v) is 21.2. The fourth-order valence-electron chi connectivity index (χ4n) is 3.26. The molecule has 0 heterocycles. The molecule has 3 aromatic rings. The van der Waals surface area contributed by atoms with Crippen LogP contribution in [0, 0.1) is 13.8 Å². The first kappa shape index (κ1) is 25.2. The van der Waals surface area contributed by atoms with E-state index >= 15 is 0 Å². The van der Waals surface area contributed by atoms with E-state index in [2.05, 4.69) is 40.3 Å². The lowest BCUT2D eigenvalue weighted by Crippen LogP contribution is -2.25. The van der Waals surface area contributed by atoms with E-state index < -0.39 is 11.9 Å². The van der Waals surface area contributed by atoms with Gasteiger partial charge in [0.1, 0.15) is 11.5 Å². The van der Waals surface area contributed by atoms with Crippen LogP contribution in [0.4, 0.5) is 0 Å². The van der Waals surface area contributed by atoms with Gasteiger partial charge in [-0.05, 0) is 66.8 Å². The molecule has 0 saturated heterocycles. The minimum atomic E-state index is -0.466. The molecule has 0 aliphatic heterocycles. The predicted molar refractivity (Wildman–Crippen MR) is 137 cm³/mol. The van der Waals surface area contributed by atoms with Crippen LogP contribution in [0.5, 0.6) is 11.5 Å². The van der Waals surface area contributed by atoms with Gasteiger partial charge in [-0.25, -0.2) is 10.2 Å². The van der Waals surface area contributed by atoms with Crippen molar-refractivity contribution in [2.75, 3.05) is 6.61 Å². The number of amides is 1. The zero-order chi connectivity index (χ0) is 24.7. The molecule has 0 radical (unpaired) electrons. The van der Waals surface area contributed by atoms with Gasteiger partial charge >= 0.3 is 5.97 Å². The first-order valence-electron chi connectivity index (χ1n) is 10.9. The van der Waals surface area contributed by atoms with Gasteiger partial charge in [0.2, 0.25) is 0 Å². The third-order valence-electron chi connectivity index (χ3n) is 5.08. The largest absolute Gasteiger partial charge is 0.483 e. The predicted octanol–water partition coefficient (Wildman–Crippen LogP) is 5.94. The monoisotopic (exact) mass is 522 g/mol. The number of hydrazone groups is 1. The standard InChI is InChI=1S/C27H27BrN2O4/c1-17(2)22-11-9-18(3)13-25(22)33-16-26(31)30-29-15-20-14-21(28)10-12-24(20)34-27(32)23-8-6-5-7-19(23)4/h5-15,17H,16H2,1-4H3,(H,30,31). The van der Waals surface area contributed by atoms with Gasteiger partial charge in [0.05, 0.1) is 11.8 Å². The van der Waals surface area contributed by atoms with Crippen molar-refractivity contribution in [2.45, 2.75) is 33.6 Å². The Labute approximate surface area is 208 Å². The Morgan fingerprint density at radius 2 is 1.79 bits per heavy atom. The minimum absolute atomic E-state index is 0.172. The Kier molecular flexibility index (Phi) is 8.60. The van der Waals surface area contributed by atoms with Crippen LogP contribution >= 0.6 is 15.9 Å². The first-order chi connectivity index (χ1) is 16.2. The van der Waals surface area contributed by atoms with Crippen molar-refractivity contribution in [2.24, 2.45) is 5.10 Å². The van der Waals surface area contributed by atoms with Crippen LogP contribution in [0.15, 0.2) is 70.2 Å². The summed E-state index contributed by atoms with van der Waals surface area (Å²) in [6.07, 6.45) is 1.43. The summed E-state index contributed by atoms with van der Waals surface area (Å²) in [7, 11) is 0. The summed E-state index contributed by atoms with van der Waals surface area (Å²) in [6, 6.07) is 18.3. The highest BCUT2D eigenvalue weighted by Gasteiger charge is 2.14. The third-order valence-corrected chi connectivity index (χ3v) is 5.58. The van der Waals surface area contributed by atoms with Gasteiger partial charge in [-0.3, -0.25) is 4.79 Å². The second kappa shape index (κ2) is 11.6. The molecule has 0 spiro atoms. The van der Waals surface area contributed by atoms with Gasteiger partial charge in [-0.2, -0.15) is 5.10 Å². The van der Waals surface area contributed by atoms with Crippen LogP contribution in [0.1, 0.15) is 52.4 Å². The van der Waals surface area contributed by atoms with Crippen molar-refractivity contribution in [3.8, 4) is 11.5 Å². The number of aryl methyl sites for hydroxylation is 2. The second-order valence-corrected chi connectivity index (χ2v) is 9.08. The van der Waals surface area contributed by atoms with Crippen LogP contribution < -0.4 is 14.9 Å². The Bertz CT molecular complexity index is 1220. The minimum Gasteiger partial charge on any atom is -0.483 e. The van der Waals surface area contributed by atoms with Crippen molar-refractivity contribution in [1.82, 2.24) is 5.43 Å². The van der Waals surface area contributed by atoms with Gasteiger partial charge in [-0.1, -0.05) is 60.1 Å². The molecule has 0 unspecified atom stereocenters. The van der Waals surface area contributed by atoms with Gasteiger partial charge in [-0.15, -0.1) is 0 Å². The zero-order valence-electron chi connectivity index (χ0n) is 19.6. The molecule has 1 amide bonds. The summed E-state index contributed by atoms with van der Waals surface area (Å²) in [5.74, 6) is 0.417.